The van der Waals surface area contributed by atoms with Gasteiger partial charge < -0.3 is 10.5 Å². The van der Waals surface area contributed by atoms with Crippen LogP contribution in [0.5, 0.6) is 5.88 Å². The maximum atomic E-state index is 12.7. The van der Waals surface area contributed by atoms with Crippen LogP contribution in [0.3, 0.4) is 0 Å². The standard InChI is InChI=1S/C18H18FN5O2/c1-26-17-6-5-15(10-21-17)14-3-2-4-16(7-14)23-12-22-24(18(23)25)11-13(8-19)9-20/h2-8,10,12H,9,11,20H2,1H3/b13-8+. The Balaban J connectivity index is 1.93. The summed E-state index contributed by atoms with van der Waals surface area (Å²) in [6.45, 7) is 0.0384. The van der Waals surface area contributed by atoms with E-state index in [1.54, 1.807) is 25.4 Å². The van der Waals surface area contributed by atoms with Gasteiger partial charge in [-0.15, -0.1) is 0 Å². The van der Waals surface area contributed by atoms with Gasteiger partial charge in [0.2, 0.25) is 5.88 Å². The van der Waals surface area contributed by atoms with E-state index in [1.807, 2.05) is 24.3 Å². The highest BCUT2D eigenvalue weighted by molar-refractivity contribution is 5.65. The van der Waals surface area contributed by atoms with Gasteiger partial charge in [-0.2, -0.15) is 5.10 Å². The zero-order valence-corrected chi connectivity index (χ0v) is 14.2. The zero-order chi connectivity index (χ0) is 18.5. The maximum absolute atomic E-state index is 12.7. The van der Waals surface area contributed by atoms with Gasteiger partial charge in [0, 0.05) is 24.4 Å². The minimum absolute atomic E-state index is 0.0148. The molecule has 0 bridgehead atoms. The van der Waals surface area contributed by atoms with Crippen LogP contribution in [0, 0.1) is 0 Å². The third kappa shape index (κ3) is 3.55. The number of hydrogen-bond donors (Lipinski definition) is 1. The van der Waals surface area contributed by atoms with Crippen molar-refractivity contribution in [1.29, 1.82) is 0 Å². The second-order valence-electron chi connectivity index (χ2n) is 5.55. The van der Waals surface area contributed by atoms with Crippen LogP contribution in [0.25, 0.3) is 16.8 Å². The van der Waals surface area contributed by atoms with Crippen LogP contribution in [-0.2, 0) is 6.54 Å². The van der Waals surface area contributed by atoms with Crippen molar-refractivity contribution in [3.63, 3.8) is 0 Å². The van der Waals surface area contributed by atoms with E-state index in [4.69, 9.17) is 10.5 Å². The van der Waals surface area contributed by atoms with Crippen LogP contribution in [0.1, 0.15) is 0 Å². The molecular formula is C18H18FN5O2. The van der Waals surface area contributed by atoms with E-state index in [0.717, 1.165) is 11.1 Å². The van der Waals surface area contributed by atoms with Gasteiger partial charge in [0.25, 0.3) is 0 Å². The summed E-state index contributed by atoms with van der Waals surface area (Å²) in [4.78, 5) is 16.7. The highest BCUT2D eigenvalue weighted by Crippen LogP contribution is 2.22. The van der Waals surface area contributed by atoms with Gasteiger partial charge in [0.05, 0.1) is 25.7 Å². The topological polar surface area (TPSA) is 88.0 Å². The Morgan fingerprint density at radius 1 is 1.31 bits per heavy atom. The molecule has 0 aliphatic carbocycles. The molecule has 0 radical (unpaired) electrons. The van der Waals surface area contributed by atoms with E-state index < -0.39 is 0 Å². The zero-order valence-electron chi connectivity index (χ0n) is 14.2. The van der Waals surface area contributed by atoms with Gasteiger partial charge in [-0.3, -0.25) is 0 Å². The van der Waals surface area contributed by atoms with Crippen LogP contribution < -0.4 is 16.2 Å². The second kappa shape index (κ2) is 7.75. The van der Waals surface area contributed by atoms with E-state index in [2.05, 4.69) is 10.1 Å². The minimum Gasteiger partial charge on any atom is -0.481 e. The largest absolute Gasteiger partial charge is 0.481 e. The Hall–Kier alpha value is -3.26. The number of nitrogens with zero attached hydrogens (tertiary/aromatic N) is 4. The number of halogens is 1. The smallest absolute Gasteiger partial charge is 0.350 e. The minimum atomic E-state index is -0.372. The summed E-state index contributed by atoms with van der Waals surface area (Å²) in [6, 6.07) is 11.1. The fourth-order valence-electron chi connectivity index (χ4n) is 2.47. The SMILES string of the molecule is COc1ccc(-c2cccc(-n3cnn(C/C(=C/F)CN)c3=O)c2)cn1. The Morgan fingerprint density at radius 2 is 2.15 bits per heavy atom. The Kier molecular flexibility index (Phi) is 5.23. The van der Waals surface area contributed by atoms with Gasteiger partial charge >= 0.3 is 5.69 Å². The van der Waals surface area contributed by atoms with E-state index in [1.165, 1.54) is 15.6 Å². The quantitative estimate of drug-likeness (QED) is 0.730. The molecule has 134 valence electrons. The summed E-state index contributed by atoms with van der Waals surface area (Å²) in [6.07, 6.45) is 3.51. The first-order valence-electron chi connectivity index (χ1n) is 7.89. The lowest BCUT2D eigenvalue weighted by Gasteiger charge is -2.06. The summed E-state index contributed by atoms with van der Waals surface area (Å²) >= 11 is 0. The predicted octanol–water partition coefficient (Wildman–Crippen LogP) is 1.92. The van der Waals surface area contributed by atoms with Crippen molar-refractivity contribution in [2.24, 2.45) is 5.73 Å². The third-order valence-electron chi connectivity index (χ3n) is 3.91. The molecule has 0 spiro atoms. The van der Waals surface area contributed by atoms with Crippen LogP contribution in [-0.4, -0.2) is 33.0 Å². The first-order valence-corrected chi connectivity index (χ1v) is 7.89. The molecule has 0 aliphatic heterocycles. The van der Waals surface area contributed by atoms with E-state index in [9.17, 15) is 9.18 Å². The molecule has 0 unspecified atom stereocenters. The number of rotatable bonds is 6. The number of aromatic nitrogens is 4. The number of ether oxygens (including phenoxy) is 1. The molecule has 7 nitrogen and oxygen atoms in total. The van der Waals surface area contributed by atoms with E-state index in [0.29, 0.717) is 17.9 Å². The summed E-state index contributed by atoms with van der Waals surface area (Å²) in [7, 11) is 1.56. The molecule has 2 aromatic heterocycles. The van der Waals surface area contributed by atoms with E-state index >= 15 is 0 Å². The number of nitrogens with two attached hydrogens (primary N) is 1. The molecule has 0 atom stereocenters. The van der Waals surface area contributed by atoms with Crippen molar-refractivity contribution >= 4 is 0 Å². The number of pyridine rings is 1. The summed E-state index contributed by atoms with van der Waals surface area (Å²) in [5, 5.41) is 4.03. The molecule has 0 aliphatic rings. The van der Waals surface area contributed by atoms with Crippen LogP contribution >= 0.6 is 0 Å². The lowest BCUT2D eigenvalue weighted by Crippen LogP contribution is -2.25. The Morgan fingerprint density at radius 3 is 2.81 bits per heavy atom. The van der Waals surface area contributed by atoms with Gasteiger partial charge in [-0.1, -0.05) is 12.1 Å². The first kappa shape index (κ1) is 17.6. The maximum Gasteiger partial charge on any atom is 0.350 e. The molecule has 0 fully saturated rings. The van der Waals surface area contributed by atoms with Crippen molar-refractivity contribution in [3.8, 4) is 22.7 Å². The molecule has 26 heavy (non-hydrogen) atoms. The molecule has 2 heterocycles. The molecule has 0 saturated carbocycles. The van der Waals surface area contributed by atoms with Gasteiger partial charge in [-0.25, -0.2) is 23.4 Å². The van der Waals surface area contributed by atoms with E-state index in [-0.39, 0.29) is 24.4 Å². The van der Waals surface area contributed by atoms with Crippen molar-refractivity contribution in [2.75, 3.05) is 13.7 Å². The molecule has 3 rings (SSSR count). The molecule has 2 N–H and O–H groups in total. The normalized spacial score (nSPS) is 11.6. The highest BCUT2D eigenvalue weighted by Gasteiger charge is 2.09. The number of methoxy groups -OCH3 is 1. The van der Waals surface area contributed by atoms with Crippen LogP contribution in [0.4, 0.5) is 4.39 Å². The van der Waals surface area contributed by atoms with Gasteiger partial charge in [0.1, 0.15) is 6.33 Å². The third-order valence-corrected chi connectivity index (χ3v) is 3.91. The second-order valence-corrected chi connectivity index (χ2v) is 5.55. The van der Waals surface area contributed by atoms with Crippen molar-refractivity contribution in [2.45, 2.75) is 6.54 Å². The van der Waals surface area contributed by atoms with Gasteiger partial charge in [-0.05, 0) is 29.3 Å². The first-order chi connectivity index (χ1) is 12.7. The summed E-state index contributed by atoms with van der Waals surface area (Å²) < 4.78 is 20.3. The average Bonchev–Trinajstić information content (AvgIpc) is 3.06. The Labute approximate surface area is 149 Å². The fourth-order valence-corrected chi connectivity index (χ4v) is 2.47. The number of hydrogen-bond acceptors (Lipinski definition) is 5. The van der Waals surface area contributed by atoms with Crippen LogP contribution in [0.15, 0.2) is 65.6 Å². The van der Waals surface area contributed by atoms with Gasteiger partial charge in [0.15, 0.2) is 0 Å². The van der Waals surface area contributed by atoms with Crippen LogP contribution in [0.2, 0.25) is 0 Å². The van der Waals surface area contributed by atoms with Crippen molar-refractivity contribution in [1.82, 2.24) is 19.3 Å². The lowest BCUT2D eigenvalue weighted by molar-refractivity contribution is 0.398. The molecule has 0 amide bonds. The highest BCUT2D eigenvalue weighted by atomic mass is 19.1. The van der Waals surface area contributed by atoms with Crippen molar-refractivity contribution < 1.29 is 9.13 Å². The number of benzene rings is 1. The molecule has 8 heteroatoms. The fraction of sp³-hybridized carbons (Fsp3) is 0.167. The molecule has 0 saturated heterocycles. The monoisotopic (exact) mass is 355 g/mol. The molecule has 3 aromatic rings. The Bertz CT molecular complexity index is 976. The average molecular weight is 355 g/mol. The predicted molar refractivity (Wildman–Crippen MR) is 95.9 cm³/mol. The summed E-state index contributed by atoms with van der Waals surface area (Å²) in [5.74, 6) is 0.527. The molecular weight excluding hydrogens is 337 g/mol. The lowest BCUT2D eigenvalue weighted by atomic mass is 10.1. The van der Waals surface area contributed by atoms with Crippen molar-refractivity contribution in [3.05, 3.63) is 71.3 Å². The summed E-state index contributed by atoms with van der Waals surface area (Å²) in [5.41, 5.74) is 7.77. The molecule has 1 aromatic carbocycles.